The van der Waals surface area contributed by atoms with Crippen LogP contribution in [0.5, 0.6) is 11.5 Å². The van der Waals surface area contributed by atoms with Gasteiger partial charge in [-0.3, -0.25) is 0 Å². The van der Waals surface area contributed by atoms with Gasteiger partial charge in [-0.2, -0.15) is 0 Å². The Morgan fingerprint density at radius 2 is 1.79 bits per heavy atom. The average Bonchev–Trinajstić information content (AvgIpc) is 3.05. The van der Waals surface area contributed by atoms with Crippen LogP contribution in [0.4, 0.5) is 15.9 Å². The number of fused-ring (bicyclic) bond motifs is 1. The molecular formula is C21H18FN3O2S. The molecule has 0 aliphatic rings. The third kappa shape index (κ3) is 3.25. The summed E-state index contributed by atoms with van der Waals surface area (Å²) in [5.74, 6) is 1.76. The number of hydrogen-bond acceptors (Lipinski definition) is 6. The zero-order chi connectivity index (χ0) is 19.7. The molecule has 4 aromatic rings. The maximum Gasteiger partial charge on any atom is 0.143 e. The molecule has 0 atom stereocenters. The summed E-state index contributed by atoms with van der Waals surface area (Å²) in [7, 11) is 3.23. The summed E-state index contributed by atoms with van der Waals surface area (Å²) < 4.78 is 24.2. The van der Waals surface area contributed by atoms with Crippen LogP contribution in [0.1, 0.15) is 4.88 Å². The number of aryl methyl sites for hydroxylation is 1. The van der Waals surface area contributed by atoms with Gasteiger partial charge in [-0.25, -0.2) is 14.4 Å². The van der Waals surface area contributed by atoms with Gasteiger partial charge >= 0.3 is 0 Å². The Hall–Kier alpha value is -3.19. The van der Waals surface area contributed by atoms with Crippen molar-refractivity contribution < 1.29 is 13.9 Å². The first kappa shape index (κ1) is 18.2. The van der Waals surface area contributed by atoms with Crippen LogP contribution < -0.4 is 14.8 Å². The zero-order valence-corrected chi connectivity index (χ0v) is 16.4. The van der Waals surface area contributed by atoms with Crippen LogP contribution in [0, 0.1) is 12.7 Å². The summed E-state index contributed by atoms with van der Waals surface area (Å²) in [6, 6.07) is 12.0. The van der Waals surface area contributed by atoms with Gasteiger partial charge in [0.1, 0.15) is 34.3 Å². The van der Waals surface area contributed by atoms with Crippen molar-refractivity contribution in [3.63, 3.8) is 0 Å². The fraction of sp³-hybridized carbons (Fsp3) is 0.143. The predicted octanol–water partition coefficient (Wildman–Crippen LogP) is 5.57. The largest absolute Gasteiger partial charge is 0.497 e. The minimum Gasteiger partial charge on any atom is -0.497 e. The van der Waals surface area contributed by atoms with Crippen LogP contribution in [0.3, 0.4) is 0 Å². The van der Waals surface area contributed by atoms with E-state index in [1.807, 2.05) is 25.1 Å². The molecule has 0 unspecified atom stereocenters. The SMILES string of the molecule is COc1ccc(OC)c(Nc2ncnc3sc(C)c(-c4ccc(F)cc4)c23)c1. The minimum atomic E-state index is -0.267. The number of nitrogens with zero attached hydrogens (tertiary/aromatic N) is 2. The fourth-order valence-electron chi connectivity index (χ4n) is 3.14. The molecule has 0 aliphatic heterocycles. The van der Waals surface area contributed by atoms with Crippen LogP contribution in [0.25, 0.3) is 21.3 Å². The Labute approximate surface area is 165 Å². The molecule has 0 saturated carbocycles. The monoisotopic (exact) mass is 395 g/mol. The molecule has 5 nitrogen and oxygen atoms in total. The molecule has 4 rings (SSSR count). The van der Waals surface area contributed by atoms with E-state index in [9.17, 15) is 4.39 Å². The Morgan fingerprint density at radius 1 is 1.00 bits per heavy atom. The highest BCUT2D eigenvalue weighted by Crippen LogP contribution is 2.42. The lowest BCUT2D eigenvalue weighted by Crippen LogP contribution is -1.99. The van der Waals surface area contributed by atoms with Gasteiger partial charge < -0.3 is 14.8 Å². The van der Waals surface area contributed by atoms with E-state index in [1.165, 1.54) is 18.5 Å². The molecule has 7 heteroatoms. The highest BCUT2D eigenvalue weighted by Gasteiger charge is 2.18. The van der Waals surface area contributed by atoms with Gasteiger partial charge in [0, 0.05) is 16.5 Å². The van der Waals surface area contributed by atoms with Gasteiger partial charge in [-0.05, 0) is 36.8 Å². The summed E-state index contributed by atoms with van der Waals surface area (Å²) in [6.45, 7) is 2.03. The second-order valence-electron chi connectivity index (χ2n) is 6.13. The standard InChI is InChI=1S/C21H18FN3O2S/c1-12-18(13-4-6-14(22)7-5-13)19-20(23-11-24-21(19)28-12)25-16-10-15(26-2)8-9-17(16)27-3/h4-11H,1-3H3,(H,23,24,25). The quantitative estimate of drug-likeness (QED) is 0.479. The lowest BCUT2D eigenvalue weighted by molar-refractivity contribution is 0.405. The number of ether oxygens (including phenoxy) is 2. The number of thiophene rings is 1. The molecule has 2 aromatic carbocycles. The lowest BCUT2D eigenvalue weighted by Gasteiger charge is -2.13. The van der Waals surface area contributed by atoms with Gasteiger partial charge in [0.25, 0.3) is 0 Å². The Bertz CT molecular complexity index is 1140. The van der Waals surface area contributed by atoms with E-state index >= 15 is 0 Å². The van der Waals surface area contributed by atoms with Crippen LogP contribution in [-0.4, -0.2) is 24.2 Å². The van der Waals surface area contributed by atoms with Crippen LogP contribution in [0.2, 0.25) is 0 Å². The van der Waals surface area contributed by atoms with Crippen molar-refractivity contribution in [3.8, 4) is 22.6 Å². The molecule has 0 bridgehead atoms. The molecule has 142 valence electrons. The summed E-state index contributed by atoms with van der Waals surface area (Å²) in [4.78, 5) is 10.8. The van der Waals surface area contributed by atoms with E-state index in [0.29, 0.717) is 17.3 Å². The Kier molecular flexibility index (Phi) is 4.83. The maximum absolute atomic E-state index is 13.4. The highest BCUT2D eigenvalue weighted by molar-refractivity contribution is 7.19. The lowest BCUT2D eigenvalue weighted by atomic mass is 10.0. The van der Waals surface area contributed by atoms with Gasteiger partial charge in [0.2, 0.25) is 0 Å². The first-order valence-corrected chi connectivity index (χ1v) is 9.41. The molecule has 28 heavy (non-hydrogen) atoms. The summed E-state index contributed by atoms with van der Waals surface area (Å²) in [6.07, 6.45) is 1.53. The molecule has 0 amide bonds. The third-order valence-electron chi connectivity index (χ3n) is 4.46. The number of aromatic nitrogens is 2. The third-order valence-corrected chi connectivity index (χ3v) is 5.47. The van der Waals surface area contributed by atoms with Crippen molar-refractivity contribution in [2.24, 2.45) is 0 Å². The molecule has 0 radical (unpaired) electrons. The number of benzene rings is 2. The normalized spacial score (nSPS) is 10.9. The van der Waals surface area contributed by atoms with Crippen molar-refractivity contribution in [2.45, 2.75) is 6.92 Å². The smallest absolute Gasteiger partial charge is 0.143 e. The van der Waals surface area contributed by atoms with Crippen LogP contribution in [0.15, 0.2) is 48.8 Å². The van der Waals surface area contributed by atoms with Gasteiger partial charge in [-0.15, -0.1) is 11.3 Å². The van der Waals surface area contributed by atoms with E-state index in [4.69, 9.17) is 9.47 Å². The van der Waals surface area contributed by atoms with Gasteiger partial charge in [0.15, 0.2) is 0 Å². The number of halogens is 1. The number of rotatable bonds is 5. The topological polar surface area (TPSA) is 56.3 Å². The van der Waals surface area contributed by atoms with Gasteiger partial charge in [0.05, 0.1) is 25.3 Å². The zero-order valence-electron chi connectivity index (χ0n) is 15.6. The minimum absolute atomic E-state index is 0.267. The fourth-order valence-corrected chi connectivity index (χ4v) is 4.16. The van der Waals surface area contributed by atoms with Crippen LogP contribution >= 0.6 is 11.3 Å². The van der Waals surface area contributed by atoms with Crippen molar-refractivity contribution in [1.29, 1.82) is 0 Å². The average molecular weight is 395 g/mol. The summed E-state index contributed by atoms with van der Waals surface area (Å²) >= 11 is 1.58. The maximum atomic E-state index is 13.4. The number of methoxy groups -OCH3 is 2. The van der Waals surface area contributed by atoms with Crippen molar-refractivity contribution in [3.05, 3.63) is 59.5 Å². The molecule has 1 N–H and O–H groups in total. The summed E-state index contributed by atoms with van der Waals surface area (Å²) in [5.41, 5.74) is 2.64. The molecule has 2 heterocycles. The molecule has 0 fully saturated rings. The second-order valence-corrected chi connectivity index (χ2v) is 7.34. The van der Waals surface area contributed by atoms with E-state index in [1.54, 1.807) is 37.7 Å². The Balaban J connectivity index is 1.88. The van der Waals surface area contributed by atoms with Gasteiger partial charge in [-0.1, -0.05) is 12.1 Å². The molecule has 0 aliphatic carbocycles. The Morgan fingerprint density at radius 3 is 2.50 bits per heavy atom. The van der Waals surface area contributed by atoms with Crippen molar-refractivity contribution in [1.82, 2.24) is 9.97 Å². The summed E-state index contributed by atoms with van der Waals surface area (Å²) in [5, 5.41) is 4.24. The van der Waals surface area contributed by atoms with E-state index in [-0.39, 0.29) is 5.82 Å². The molecular weight excluding hydrogens is 377 g/mol. The van der Waals surface area contributed by atoms with E-state index in [0.717, 1.165) is 31.9 Å². The first-order chi connectivity index (χ1) is 13.6. The number of nitrogens with one attached hydrogen (secondary N) is 1. The van der Waals surface area contributed by atoms with Crippen molar-refractivity contribution in [2.75, 3.05) is 19.5 Å². The molecule has 0 spiro atoms. The predicted molar refractivity (Wildman–Crippen MR) is 110 cm³/mol. The van der Waals surface area contributed by atoms with E-state index < -0.39 is 0 Å². The second kappa shape index (κ2) is 7.44. The number of anilines is 2. The first-order valence-electron chi connectivity index (χ1n) is 8.59. The molecule has 0 saturated heterocycles. The molecule has 2 aromatic heterocycles. The number of hydrogen-bond donors (Lipinski definition) is 1. The van der Waals surface area contributed by atoms with Crippen molar-refractivity contribution >= 4 is 33.1 Å². The van der Waals surface area contributed by atoms with Crippen LogP contribution in [-0.2, 0) is 0 Å². The van der Waals surface area contributed by atoms with E-state index in [2.05, 4.69) is 15.3 Å². The highest BCUT2D eigenvalue weighted by atomic mass is 32.1.